The van der Waals surface area contributed by atoms with Crippen molar-refractivity contribution < 1.29 is 38.3 Å². The van der Waals surface area contributed by atoms with Crippen molar-refractivity contribution in [3.63, 3.8) is 0 Å². The summed E-state index contributed by atoms with van der Waals surface area (Å²) >= 11 is 0. The first-order valence-electron chi connectivity index (χ1n) is 12.2. The SMILES string of the molecule is CCC/C(=C\c1ccc(CO)o1)CC[C@H]1OB(O)C[C@H]2C1=C(C)C[C@H]1C(=O)N(C(=O)OC)C(=O)[C@H]12. The van der Waals surface area contributed by atoms with Gasteiger partial charge in [0.1, 0.15) is 18.1 Å². The highest BCUT2D eigenvalue weighted by Crippen LogP contribution is 2.50. The van der Waals surface area contributed by atoms with Gasteiger partial charge in [0, 0.05) is 0 Å². The fraction of sp³-hybridized carbons (Fsp3) is 0.560. The fourth-order valence-electron chi connectivity index (χ4n) is 5.86. The molecule has 4 rings (SSSR count). The molecule has 9 nitrogen and oxygen atoms in total. The van der Waals surface area contributed by atoms with Gasteiger partial charge in [-0.05, 0) is 68.6 Å². The van der Waals surface area contributed by atoms with Crippen LogP contribution in [0.25, 0.3) is 6.08 Å². The number of allylic oxidation sites excluding steroid dienone is 2. The summed E-state index contributed by atoms with van der Waals surface area (Å²) in [5.41, 5.74) is 3.09. The second-order valence-corrected chi connectivity index (χ2v) is 9.53. The van der Waals surface area contributed by atoms with Gasteiger partial charge in [0.05, 0.1) is 25.0 Å². The molecule has 1 aliphatic carbocycles. The zero-order valence-corrected chi connectivity index (χ0v) is 20.4. The molecule has 35 heavy (non-hydrogen) atoms. The average molecular weight is 485 g/mol. The summed E-state index contributed by atoms with van der Waals surface area (Å²) in [5.74, 6) is -1.61. The topological polar surface area (TPSA) is 127 Å². The van der Waals surface area contributed by atoms with Crippen LogP contribution in [0.2, 0.25) is 6.32 Å². The number of rotatable bonds is 7. The second-order valence-electron chi connectivity index (χ2n) is 9.53. The molecular formula is C25H32BNO8. The summed E-state index contributed by atoms with van der Waals surface area (Å²) in [7, 11) is 0.0779. The maximum absolute atomic E-state index is 13.1. The number of hydrogen-bond acceptors (Lipinski definition) is 8. The number of hydrogen-bond donors (Lipinski definition) is 2. The van der Waals surface area contributed by atoms with Crippen molar-refractivity contribution >= 4 is 31.1 Å². The predicted octanol–water partition coefficient (Wildman–Crippen LogP) is 3.32. The minimum Gasteiger partial charge on any atom is -0.459 e. The Balaban J connectivity index is 1.56. The minimum absolute atomic E-state index is 0.156. The van der Waals surface area contributed by atoms with E-state index in [2.05, 4.69) is 11.7 Å². The summed E-state index contributed by atoms with van der Waals surface area (Å²) in [6.45, 7) is 3.87. The Bertz CT molecular complexity index is 1060. The first-order chi connectivity index (χ1) is 16.8. The Kier molecular flexibility index (Phi) is 7.63. The molecule has 2 aliphatic heterocycles. The summed E-state index contributed by atoms with van der Waals surface area (Å²) in [4.78, 5) is 38.7. The van der Waals surface area contributed by atoms with Crippen LogP contribution in [0.15, 0.2) is 33.3 Å². The minimum atomic E-state index is -1.06. The Morgan fingerprint density at radius 3 is 2.69 bits per heavy atom. The Morgan fingerprint density at radius 2 is 2.03 bits per heavy atom. The third kappa shape index (κ3) is 4.87. The number of ether oxygens (including phenoxy) is 1. The van der Waals surface area contributed by atoms with Crippen LogP contribution in [0.1, 0.15) is 57.5 Å². The van der Waals surface area contributed by atoms with Crippen LogP contribution >= 0.6 is 0 Å². The van der Waals surface area contributed by atoms with Gasteiger partial charge < -0.3 is 23.9 Å². The fourth-order valence-corrected chi connectivity index (χ4v) is 5.86. The molecule has 188 valence electrons. The molecule has 1 aromatic rings. The largest absolute Gasteiger partial charge is 0.459 e. The number of fused-ring (bicyclic) bond motifs is 3. The van der Waals surface area contributed by atoms with Crippen LogP contribution in [-0.4, -0.2) is 53.3 Å². The van der Waals surface area contributed by atoms with Gasteiger partial charge in [0.15, 0.2) is 0 Å². The summed E-state index contributed by atoms with van der Waals surface area (Å²) in [5, 5.41) is 19.8. The van der Waals surface area contributed by atoms with E-state index >= 15 is 0 Å². The Labute approximate surface area is 204 Å². The van der Waals surface area contributed by atoms with Crippen molar-refractivity contribution in [2.24, 2.45) is 17.8 Å². The molecule has 3 amide bonds. The van der Waals surface area contributed by atoms with E-state index in [1.54, 1.807) is 6.07 Å². The molecule has 3 heterocycles. The standard InChI is InChI=1S/C25H32BNO8/c1-4-5-15(11-16-7-8-17(13-28)34-16)6-9-20-21-14(2)10-18-22(19(21)12-26(32)35-20)24(30)27(23(18)29)25(31)33-3/h7-8,11,18-20,22,28,32H,4-6,9-10,12-13H2,1-3H3/b15-11+/t18-,19+,20-,22-/m1/s1. The number of amides is 3. The van der Waals surface area contributed by atoms with Crippen molar-refractivity contribution in [3.8, 4) is 0 Å². The lowest BCUT2D eigenvalue weighted by molar-refractivity contribution is -0.137. The highest BCUT2D eigenvalue weighted by Gasteiger charge is 2.58. The number of aliphatic hydroxyl groups excluding tert-OH is 1. The van der Waals surface area contributed by atoms with E-state index in [1.165, 1.54) is 0 Å². The zero-order valence-electron chi connectivity index (χ0n) is 20.4. The average Bonchev–Trinajstić information content (AvgIpc) is 3.38. The van der Waals surface area contributed by atoms with E-state index in [0.717, 1.165) is 36.7 Å². The van der Waals surface area contributed by atoms with Crippen molar-refractivity contribution in [2.75, 3.05) is 7.11 Å². The van der Waals surface area contributed by atoms with Crippen LogP contribution in [0.5, 0.6) is 0 Å². The van der Waals surface area contributed by atoms with Gasteiger partial charge in [-0.1, -0.05) is 24.5 Å². The lowest BCUT2D eigenvalue weighted by atomic mass is 9.58. The molecule has 10 heteroatoms. The molecule has 1 aromatic heterocycles. The molecular weight excluding hydrogens is 453 g/mol. The number of furan rings is 1. The number of carbonyl (C=O) groups is 3. The number of nitrogens with zero attached hydrogens (tertiary/aromatic N) is 1. The lowest BCUT2D eigenvalue weighted by Gasteiger charge is -2.42. The van der Waals surface area contributed by atoms with Gasteiger partial charge in [-0.2, -0.15) is 4.90 Å². The molecule has 2 N–H and O–H groups in total. The first-order valence-corrected chi connectivity index (χ1v) is 12.2. The van der Waals surface area contributed by atoms with E-state index < -0.39 is 43.0 Å². The monoisotopic (exact) mass is 485 g/mol. The normalized spacial score (nSPS) is 26.8. The van der Waals surface area contributed by atoms with Crippen molar-refractivity contribution in [2.45, 2.75) is 65.0 Å². The van der Waals surface area contributed by atoms with Gasteiger partial charge in [-0.25, -0.2) is 4.79 Å². The molecule has 0 saturated carbocycles. The lowest BCUT2D eigenvalue weighted by Crippen LogP contribution is -2.46. The third-order valence-corrected chi connectivity index (χ3v) is 7.29. The molecule has 0 radical (unpaired) electrons. The van der Waals surface area contributed by atoms with Crippen molar-refractivity contribution in [1.29, 1.82) is 0 Å². The second kappa shape index (κ2) is 10.5. The third-order valence-electron chi connectivity index (χ3n) is 7.29. The van der Waals surface area contributed by atoms with E-state index in [1.807, 2.05) is 19.1 Å². The molecule has 3 aliphatic rings. The molecule has 2 saturated heterocycles. The highest BCUT2D eigenvalue weighted by atomic mass is 16.5. The van der Waals surface area contributed by atoms with Crippen LogP contribution in [0.3, 0.4) is 0 Å². The van der Waals surface area contributed by atoms with Crippen LogP contribution in [0.4, 0.5) is 4.79 Å². The van der Waals surface area contributed by atoms with Gasteiger partial charge in [0.25, 0.3) is 0 Å². The zero-order chi connectivity index (χ0) is 25.3. The molecule has 0 spiro atoms. The summed E-state index contributed by atoms with van der Waals surface area (Å²) in [6.07, 6.45) is 4.28. The van der Waals surface area contributed by atoms with Gasteiger partial charge in [-0.15, -0.1) is 0 Å². The molecule has 4 atom stereocenters. The first kappa shape index (κ1) is 25.4. The molecule has 0 unspecified atom stereocenters. The van der Waals surface area contributed by atoms with E-state index in [0.29, 0.717) is 35.7 Å². The Hall–Kier alpha value is -2.69. The van der Waals surface area contributed by atoms with Gasteiger partial charge in [0.2, 0.25) is 11.8 Å². The molecule has 2 fully saturated rings. The number of aliphatic hydroxyl groups is 1. The van der Waals surface area contributed by atoms with Crippen LogP contribution in [-0.2, 0) is 25.6 Å². The quantitative estimate of drug-likeness (QED) is 0.342. The van der Waals surface area contributed by atoms with Crippen molar-refractivity contribution in [1.82, 2.24) is 4.90 Å². The number of imide groups is 3. The van der Waals surface area contributed by atoms with E-state index in [9.17, 15) is 24.5 Å². The molecule has 0 bridgehead atoms. The predicted molar refractivity (Wildman–Crippen MR) is 126 cm³/mol. The Morgan fingerprint density at radius 1 is 1.26 bits per heavy atom. The number of likely N-dealkylation sites (tertiary alicyclic amines) is 1. The molecule has 0 aromatic carbocycles. The number of methoxy groups -OCH3 is 1. The van der Waals surface area contributed by atoms with Crippen LogP contribution in [0, 0.1) is 17.8 Å². The van der Waals surface area contributed by atoms with E-state index in [4.69, 9.17) is 9.07 Å². The number of carbonyl (C=O) groups excluding carboxylic acids is 3. The summed E-state index contributed by atoms with van der Waals surface area (Å²) in [6, 6.07) is 3.56. The smallest absolute Gasteiger partial charge is 0.455 e. The highest BCUT2D eigenvalue weighted by molar-refractivity contribution is 6.43. The van der Waals surface area contributed by atoms with E-state index in [-0.39, 0.29) is 18.8 Å². The summed E-state index contributed by atoms with van der Waals surface area (Å²) < 4.78 is 16.2. The maximum atomic E-state index is 13.1. The van der Waals surface area contributed by atoms with Gasteiger partial charge >= 0.3 is 13.2 Å². The maximum Gasteiger partial charge on any atom is 0.455 e. The van der Waals surface area contributed by atoms with Gasteiger partial charge in [-0.3, -0.25) is 9.59 Å². The van der Waals surface area contributed by atoms with Crippen LogP contribution < -0.4 is 0 Å². The van der Waals surface area contributed by atoms with Crippen molar-refractivity contribution in [3.05, 3.63) is 40.4 Å².